The van der Waals surface area contributed by atoms with E-state index in [1.54, 1.807) is 0 Å². The van der Waals surface area contributed by atoms with Gasteiger partial charge in [0.25, 0.3) is 5.91 Å². The molecule has 0 fully saturated rings. The van der Waals surface area contributed by atoms with Crippen molar-refractivity contribution in [3.63, 3.8) is 0 Å². The minimum Gasteiger partial charge on any atom is -0.396 e. The Bertz CT molecular complexity index is 682. The van der Waals surface area contributed by atoms with Crippen LogP contribution < -0.4 is 11.1 Å². The molecule has 0 aliphatic carbocycles. The Morgan fingerprint density at radius 3 is 2.67 bits per heavy atom. The monoisotopic (exact) mass is 286 g/mol. The van der Waals surface area contributed by atoms with Gasteiger partial charge in [-0.05, 0) is 44.0 Å². The molecule has 0 saturated heterocycles. The fraction of sp³-hybridized carbons (Fsp3) is 0.235. The molecular weight excluding hydrogens is 267 g/mol. The van der Waals surface area contributed by atoms with Crippen LogP contribution in [0.25, 0.3) is 0 Å². The van der Waals surface area contributed by atoms with Crippen LogP contribution in [0.1, 0.15) is 40.0 Å². The number of nitrogens with one attached hydrogen (secondary N) is 1. The summed E-state index contributed by atoms with van der Waals surface area (Å²) in [4.78, 5) is 12.2. The fourth-order valence-corrected chi connectivity index (χ4v) is 2.31. The zero-order valence-corrected chi connectivity index (χ0v) is 12.4. The van der Waals surface area contributed by atoms with E-state index < -0.39 is 5.82 Å². The Labute approximate surface area is 124 Å². The predicted octanol–water partition coefficient (Wildman–Crippen LogP) is 3.52. The molecule has 0 bridgehead atoms. The van der Waals surface area contributed by atoms with Gasteiger partial charge in [0.1, 0.15) is 5.82 Å². The van der Waals surface area contributed by atoms with Gasteiger partial charge in [-0.2, -0.15) is 0 Å². The second kappa shape index (κ2) is 5.95. The lowest BCUT2D eigenvalue weighted by atomic mass is 9.99. The van der Waals surface area contributed by atoms with Gasteiger partial charge < -0.3 is 11.1 Å². The zero-order valence-electron chi connectivity index (χ0n) is 12.4. The molecule has 21 heavy (non-hydrogen) atoms. The molecule has 0 spiro atoms. The van der Waals surface area contributed by atoms with Crippen molar-refractivity contribution in [1.82, 2.24) is 5.32 Å². The van der Waals surface area contributed by atoms with Crippen molar-refractivity contribution in [1.29, 1.82) is 0 Å². The van der Waals surface area contributed by atoms with Crippen LogP contribution in [0.2, 0.25) is 0 Å². The number of rotatable bonds is 3. The molecular formula is C17H19FN2O. The summed E-state index contributed by atoms with van der Waals surface area (Å²) in [5, 5.41) is 2.86. The molecule has 0 radical (unpaired) electrons. The van der Waals surface area contributed by atoms with Crippen LogP contribution >= 0.6 is 0 Å². The van der Waals surface area contributed by atoms with Crippen molar-refractivity contribution in [2.75, 3.05) is 5.73 Å². The third-order valence-electron chi connectivity index (χ3n) is 3.55. The summed E-state index contributed by atoms with van der Waals surface area (Å²) in [5.41, 5.74) is 8.92. The number of carbonyl (C=O) groups is 1. The number of anilines is 1. The highest BCUT2D eigenvalue weighted by atomic mass is 19.1. The zero-order chi connectivity index (χ0) is 15.6. The van der Waals surface area contributed by atoms with E-state index in [0.717, 1.165) is 16.7 Å². The van der Waals surface area contributed by atoms with Crippen LogP contribution in [0.4, 0.5) is 10.1 Å². The lowest BCUT2D eigenvalue weighted by Gasteiger charge is -2.18. The lowest BCUT2D eigenvalue weighted by Crippen LogP contribution is -2.28. The topological polar surface area (TPSA) is 55.1 Å². The molecule has 0 saturated carbocycles. The van der Waals surface area contributed by atoms with Crippen molar-refractivity contribution in [3.8, 4) is 0 Å². The summed E-state index contributed by atoms with van der Waals surface area (Å²) in [7, 11) is 0. The maximum atomic E-state index is 13.4. The van der Waals surface area contributed by atoms with Crippen molar-refractivity contribution in [3.05, 3.63) is 64.5 Å². The van der Waals surface area contributed by atoms with Gasteiger partial charge in [-0.3, -0.25) is 4.79 Å². The Morgan fingerprint density at radius 2 is 1.95 bits per heavy atom. The molecule has 1 amide bonds. The van der Waals surface area contributed by atoms with E-state index in [1.807, 2.05) is 39.0 Å². The number of nitrogen functional groups attached to an aromatic ring is 1. The van der Waals surface area contributed by atoms with Gasteiger partial charge in [-0.25, -0.2) is 4.39 Å². The van der Waals surface area contributed by atoms with Crippen molar-refractivity contribution < 1.29 is 9.18 Å². The van der Waals surface area contributed by atoms with Gasteiger partial charge in [0.2, 0.25) is 0 Å². The first-order valence-electron chi connectivity index (χ1n) is 6.82. The summed E-state index contributed by atoms with van der Waals surface area (Å²) in [6.07, 6.45) is 0. The molecule has 0 aliphatic heterocycles. The third-order valence-corrected chi connectivity index (χ3v) is 3.55. The molecule has 110 valence electrons. The molecule has 1 unspecified atom stereocenters. The normalized spacial score (nSPS) is 12.0. The largest absolute Gasteiger partial charge is 0.396 e. The van der Waals surface area contributed by atoms with Gasteiger partial charge in [-0.15, -0.1) is 0 Å². The average molecular weight is 286 g/mol. The summed E-state index contributed by atoms with van der Waals surface area (Å²) in [6, 6.07) is 10.1. The molecule has 0 heterocycles. The van der Waals surface area contributed by atoms with Gasteiger partial charge in [0, 0.05) is 0 Å². The molecule has 3 nitrogen and oxygen atoms in total. The van der Waals surface area contributed by atoms with E-state index in [4.69, 9.17) is 5.73 Å². The minimum atomic E-state index is -0.581. The maximum Gasteiger partial charge on any atom is 0.253 e. The summed E-state index contributed by atoms with van der Waals surface area (Å²) >= 11 is 0. The van der Waals surface area contributed by atoms with Gasteiger partial charge in [-0.1, -0.05) is 29.8 Å². The third kappa shape index (κ3) is 3.21. The van der Waals surface area contributed by atoms with E-state index in [2.05, 4.69) is 5.32 Å². The summed E-state index contributed by atoms with van der Waals surface area (Å²) in [5.74, 6) is -0.956. The Balaban J connectivity index is 2.23. The highest BCUT2D eigenvalue weighted by Crippen LogP contribution is 2.21. The number of aryl methyl sites for hydroxylation is 2. The van der Waals surface area contributed by atoms with E-state index in [0.29, 0.717) is 0 Å². The van der Waals surface area contributed by atoms with E-state index >= 15 is 0 Å². The van der Waals surface area contributed by atoms with Crippen molar-refractivity contribution in [2.24, 2.45) is 0 Å². The number of carbonyl (C=O) groups excluding carboxylic acids is 1. The lowest BCUT2D eigenvalue weighted by molar-refractivity contribution is 0.0940. The second-order valence-electron chi connectivity index (χ2n) is 5.26. The first-order chi connectivity index (χ1) is 9.90. The Kier molecular flexibility index (Phi) is 4.26. The molecule has 0 aromatic heterocycles. The number of halogens is 1. The van der Waals surface area contributed by atoms with Crippen LogP contribution in [0.5, 0.6) is 0 Å². The minimum absolute atomic E-state index is 0.122. The van der Waals surface area contributed by atoms with E-state index in [-0.39, 0.29) is 23.2 Å². The second-order valence-corrected chi connectivity index (χ2v) is 5.26. The number of nitrogens with two attached hydrogens (primary N) is 1. The summed E-state index contributed by atoms with van der Waals surface area (Å²) in [6.45, 7) is 5.89. The van der Waals surface area contributed by atoms with Crippen molar-refractivity contribution >= 4 is 11.6 Å². The number of hydrogen-bond acceptors (Lipinski definition) is 2. The highest BCUT2D eigenvalue weighted by Gasteiger charge is 2.16. The van der Waals surface area contributed by atoms with E-state index in [1.165, 1.54) is 18.2 Å². The van der Waals surface area contributed by atoms with Crippen LogP contribution in [-0.4, -0.2) is 5.91 Å². The van der Waals surface area contributed by atoms with Gasteiger partial charge in [0.15, 0.2) is 0 Å². The molecule has 4 heteroatoms. The highest BCUT2D eigenvalue weighted by molar-refractivity contribution is 5.99. The van der Waals surface area contributed by atoms with Crippen LogP contribution in [0.15, 0.2) is 36.4 Å². The molecule has 2 rings (SSSR count). The predicted molar refractivity (Wildman–Crippen MR) is 82.6 cm³/mol. The quantitative estimate of drug-likeness (QED) is 0.848. The number of hydrogen-bond donors (Lipinski definition) is 2. The van der Waals surface area contributed by atoms with E-state index in [9.17, 15) is 9.18 Å². The van der Waals surface area contributed by atoms with Crippen LogP contribution in [-0.2, 0) is 0 Å². The van der Waals surface area contributed by atoms with Gasteiger partial charge in [0.05, 0.1) is 17.3 Å². The molecule has 2 aromatic carbocycles. The molecule has 1 atom stereocenters. The number of para-hydroxylation sites is 1. The van der Waals surface area contributed by atoms with Crippen LogP contribution in [0.3, 0.4) is 0 Å². The Morgan fingerprint density at radius 1 is 1.24 bits per heavy atom. The summed E-state index contributed by atoms with van der Waals surface area (Å²) < 4.78 is 13.4. The number of benzene rings is 2. The fourth-order valence-electron chi connectivity index (χ4n) is 2.31. The molecule has 2 aromatic rings. The van der Waals surface area contributed by atoms with Gasteiger partial charge >= 0.3 is 0 Å². The smallest absolute Gasteiger partial charge is 0.253 e. The Hall–Kier alpha value is -2.36. The maximum absolute atomic E-state index is 13.4. The SMILES string of the molecule is Cc1ccc(C)c(C(C)NC(=O)c2cccc(F)c2N)c1. The standard InChI is InChI=1S/C17H19FN2O/c1-10-7-8-11(2)14(9-10)12(3)20-17(21)13-5-4-6-15(18)16(13)19/h4-9,12H,19H2,1-3H3,(H,20,21). The molecule has 3 N–H and O–H groups in total. The van der Waals surface area contributed by atoms with Crippen LogP contribution in [0, 0.1) is 19.7 Å². The first-order valence-corrected chi connectivity index (χ1v) is 6.82. The first kappa shape index (κ1) is 15.0. The van der Waals surface area contributed by atoms with Crippen molar-refractivity contribution in [2.45, 2.75) is 26.8 Å². The average Bonchev–Trinajstić information content (AvgIpc) is 2.44. The molecule has 0 aliphatic rings. The number of amides is 1.